The Labute approximate surface area is 118 Å². The van der Waals surface area contributed by atoms with Crippen molar-refractivity contribution in [3.63, 3.8) is 0 Å². The largest absolute Gasteiger partial charge is 0.478 e. The number of aromatic nitrogens is 1. The highest BCUT2D eigenvalue weighted by Crippen LogP contribution is 2.32. The smallest absolute Gasteiger partial charge is 0.337 e. The molecule has 2 aromatic rings. The lowest BCUT2D eigenvalue weighted by molar-refractivity contribution is 0.0696. The number of nitrogens with zero attached hydrogens (tertiary/aromatic N) is 2. The quantitative estimate of drug-likeness (QED) is 0.937. The van der Waals surface area contributed by atoms with Crippen molar-refractivity contribution in [1.82, 2.24) is 4.98 Å². The van der Waals surface area contributed by atoms with E-state index in [2.05, 4.69) is 4.98 Å². The van der Waals surface area contributed by atoms with Crippen molar-refractivity contribution >= 4 is 29.3 Å². The third-order valence-corrected chi connectivity index (χ3v) is 3.61. The number of rotatable bonds is 3. The molecule has 0 aliphatic carbocycles. The molecule has 6 heteroatoms. The number of hydrogen-bond donors (Lipinski definition) is 1. The Kier molecular flexibility index (Phi) is 4.05. The van der Waals surface area contributed by atoms with E-state index in [4.69, 9.17) is 22.0 Å². The highest BCUT2D eigenvalue weighted by atomic mass is 35.5. The van der Waals surface area contributed by atoms with Gasteiger partial charge in [-0.05, 0) is 24.3 Å². The van der Waals surface area contributed by atoms with Crippen molar-refractivity contribution in [2.24, 2.45) is 0 Å². The van der Waals surface area contributed by atoms with Gasteiger partial charge in [0.25, 0.3) is 0 Å². The second-order valence-electron chi connectivity index (χ2n) is 3.52. The molecule has 1 aromatic carbocycles. The first-order valence-electron chi connectivity index (χ1n) is 5.17. The van der Waals surface area contributed by atoms with Crippen molar-refractivity contribution in [2.45, 2.75) is 9.92 Å². The minimum Gasteiger partial charge on any atom is -0.478 e. The van der Waals surface area contributed by atoms with Crippen molar-refractivity contribution in [3.8, 4) is 6.07 Å². The lowest BCUT2D eigenvalue weighted by atomic mass is 10.2. The Morgan fingerprint density at radius 3 is 2.74 bits per heavy atom. The van der Waals surface area contributed by atoms with E-state index in [0.717, 1.165) is 0 Å². The fraction of sp³-hybridized carbons (Fsp3) is 0. The number of halogens is 1. The Bertz CT molecular complexity index is 665. The van der Waals surface area contributed by atoms with Crippen LogP contribution < -0.4 is 0 Å². The van der Waals surface area contributed by atoms with Gasteiger partial charge in [-0.1, -0.05) is 29.4 Å². The molecular weight excluding hydrogens is 284 g/mol. The number of hydrogen-bond acceptors (Lipinski definition) is 4. The van der Waals surface area contributed by atoms with E-state index in [1.54, 1.807) is 24.3 Å². The standard InChI is InChI=1S/C13H7ClN2O2S/c14-10-2-1-3-11(9(10)6-15)19-12-5-4-8(7-16-12)13(17)18/h1-5,7H,(H,17,18). The lowest BCUT2D eigenvalue weighted by Gasteiger charge is -2.04. The summed E-state index contributed by atoms with van der Waals surface area (Å²) in [5.74, 6) is -1.02. The van der Waals surface area contributed by atoms with E-state index in [0.29, 0.717) is 20.5 Å². The van der Waals surface area contributed by atoms with Crippen LogP contribution in [0.4, 0.5) is 0 Å². The molecular formula is C13H7ClN2O2S. The zero-order valence-corrected chi connectivity index (χ0v) is 11.1. The molecule has 19 heavy (non-hydrogen) atoms. The van der Waals surface area contributed by atoms with Crippen LogP contribution in [0.2, 0.25) is 5.02 Å². The summed E-state index contributed by atoms with van der Waals surface area (Å²) in [4.78, 5) is 15.4. The molecule has 0 aliphatic rings. The number of pyridine rings is 1. The van der Waals surface area contributed by atoms with Gasteiger partial charge in [0.05, 0.1) is 16.1 Å². The van der Waals surface area contributed by atoms with Gasteiger partial charge in [-0.15, -0.1) is 0 Å². The minimum absolute atomic E-state index is 0.121. The van der Waals surface area contributed by atoms with Crippen molar-refractivity contribution in [3.05, 3.63) is 52.7 Å². The summed E-state index contributed by atoms with van der Waals surface area (Å²) in [5, 5.41) is 18.8. The van der Waals surface area contributed by atoms with E-state index in [9.17, 15) is 4.79 Å². The maximum Gasteiger partial charge on any atom is 0.337 e. The van der Waals surface area contributed by atoms with Gasteiger partial charge in [-0.25, -0.2) is 9.78 Å². The first-order chi connectivity index (χ1) is 9.11. The van der Waals surface area contributed by atoms with Crippen LogP contribution >= 0.6 is 23.4 Å². The number of nitriles is 1. The van der Waals surface area contributed by atoms with E-state index in [-0.39, 0.29) is 5.56 Å². The van der Waals surface area contributed by atoms with E-state index in [1.165, 1.54) is 24.0 Å². The maximum absolute atomic E-state index is 10.7. The highest BCUT2D eigenvalue weighted by Gasteiger charge is 2.09. The predicted molar refractivity (Wildman–Crippen MR) is 71.5 cm³/mol. The van der Waals surface area contributed by atoms with Crippen LogP contribution in [0.5, 0.6) is 0 Å². The fourth-order valence-corrected chi connectivity index (χ4v) is 2.52. The molecule has 4 nitrogen and oxygen atoms in total. The molecule has 94 valence electrons. The second kappa shape index (κ2) is 5.74. The molecule has 0 saturated carbocycles. The molecule has 0 aliphatic heterocycles. The van der Waals surface area contributed by atoms with Crippen LogP contribution in [-0.2, 0) is 0 Å². The average Bonchev–Trinajstić information content (AvgIpc) is 2.39. The number of carboxylic acid groups (broad SMARTS) is 1. The molecule has 0 spiro atoms. The van der Waals surface area contributed by atoms with Gasteiger partial charge < -0.3 is 5.11 Å². The van der Waals surface area contributed by atoms with Crippen LogP contribution in [0, 0.1) is 11.3 Å². The summed E-state index contributed by atoms with van der Waals surface area (Å²) < 4.78 is 0. The zero-order chi connectivity index (χ0) is 13.8. The van der Waals surface area contributed by atoms with Gasteiger partial charge in [0.1, 0.15) is 11.1 Å². The minimum atomic E-state index is -1.02. The van der Waals surface area contributed by atoms with Gasteiger partial charge in [0, 0.05) is 11.1 Å². The molecule has 0 fully saturated rings. The van der Waals surface area contributed by atoms with Crippen LogP contribution in [-0.4, -0.2) is 16.1 Å². The Hall–Kier alpha value is -2.03. The summed E-state index contributed by atoms with van der Waals surface area (Å²) in [7, 11) is 0. The van der Waals surface area contributed by atoms with Crippen LogP contribution in [0.25, 0.3) is 0 Å². The van der Waals surface area contributed by atoms with Crippen molar-refractivity contribution < 1.29 is 9.90 Å². The van der Waals surface area contributed by atoms with Gasteiger partial charge >= 0.3 is 5.97 Å². The topological polar surface area (TPSA) is 74.0 Å². The SMILES string of the molecule is N#Cc1c(Cl)cccc1Sc1ccc(C(=O)O)cn1. The van der Waals surface area contributed by atoms with Crippen LogP contribution in [0.15, 0.2) is 46.5 Å². The molecule has 0 unspecified atom stereocenters. The summed E-state index contributed by atoms with van der Waals surface area (Å²) in [5.41, 5.74) is 0.509. The summed E-state index contributed by atoms with van der Waals surface area (Å²) in [6.45, 7) is 0. The van der Waals surface area contributed by atoms with Gasteiger partial charge in [0.15, 0.2) is 0 Å². The summed E-state index contributed by atoms with van der Waals surface area (Å²) in [6.07, 6.45) is 1.28. The molecule has 1 aromatic heterocycles. The van der Waals surface area contributed by atoms with Gasteiger partial charge in [-0.3, -0.25) is 0 Å². The van der Waals surface area contributed by atoms with Crippen molar-refractivity contribution in [2.75, 3.05) is 0 Å². The first kappa shape index (κ1) is 13.4. The number of carbonyl (C=O) groups is 1. The Morgan fingerprint density at radius 1 is 1.37 bits per heavy atom. The molecule has 0 saturated heterocycles. The summed E-state index contributed by atoms with van der Waals surface area (Å²) in [6, 6.07) is 10.3. The molecule has 0 amide bonds. The molecule has 2 rings (SSSR count). The third kappa shape index (κ3) is 3.05. The molecule has 0 bridgehead atoms. The fourth-order valence-electron chi connectivity index (χ4n) is 1.38. The monoisotopic (exact) mass is 290 g/mol. The van der Waals surface area contributed by atoms with E-state index in [1.807, 2.05) is 6.07 Å². The third-order valence-electron chi connectivity index (χ3n) is 2.29. The van der Waals surface area contributed by atoms with E-state index >= 15 is 0 Å². The van der Waals surface area contributed by atoms with Crippen LogP contribution in [0.3, 0.4) is 0 Å². The Balaban J connectivity index is 2.29. The average molecular weight is 291 g/mol. The maximum atomic E-state index is 10.7. The lowest BCUT2D eigenvalue weighted by Crippen LogP contribution is -1.96. The molecule has 0 radical (unpaired) electrons. The molecule has 1 N–H and O–H groups in total. The number of aromatic carboxylic acids is 1. The first-order valence-corrected chi connectivity index (χ1v) is 6.37. The number of benzene rings is 1. The zero-order valence-electron chi connectivity index (χ0n) is 9.50. The van der Waals surface area contributed by atoms with Gasteiger partial charge in [0.2, 0.25) is 0 Å². The molecule has 0 atom stereocenters. The van der Waals surface area contributed by atoms with Crippen molar-refractivity contribution in [1.29, 1.82) is 5.26 Å². The predicted octanol–water partition coefficient (Wildman–Crippen LogP) is 3.46. The Morgan fingerprint density at radius 2 is 2.16 bits per heavy atom. The normalized spacial score (nSPS) is 9.89. The summed E-state index contributed by atoms with van der Waals surface area (Å²) >= 11 is 7.19. The van der Waals surface area contributed by atoms with E-state index < -0.39 is 5.97 Å². The second-order valence-corrected chi connectivity index (χ2v) is 4.99. The van der Waals surface area contributed by atoms with Crippen LogP contribution in [0.1, 0.15) is 15.9 Å². The van der Waals surface area contributed by atoms with Gasteiger partial charge in [-0.2, -0.15) is 5.26 Å². The molecule has 1 heterocycles. The highest BCUT2D eigenvalue weighted by molar-refractivity contribution is 7.99. The number of carboxylic acids is 1.